The van der Waals surface area contributed by atoms with Gasteiger partial charge in [-0.1, -0.05) is 36.4 Å². The van der Waals surface area contributed by atoms with Gasteiger partial charge in [-0.2, -0.15) is 0 Å². The summed E-state index contributed by atoms with van der Waals surface area (Å²) in [4.78, 5) is 38.2. The van der Waals surface area contributed by atoms with Crippen molar-refractivity contribution in [3.05, 3.63) is 59.7 Å². The summed E-state index contributed by atoms with van der Waals surface area (Å²) in [5, 5.41) is 4.91. The molecule has 1 atom stereocenters. The van der Waals surface area contributed by atoms with Gasteiger partial charge < -0.3 is 29.7 Å². The minimum absolute atomic E-state index is 0.152. The number of nitrogens with one attached hydrogen (secondary N) is 2. The first-order valence-corrected chi connectivity index (χ1v) is 9.99. The number of hydrogen-bond donors (Lipinski definition) is 2. The van der Waals surface area contributed by atoms with Gasteiger partial charge in [-0.3, -0.25) is 14.4 Å². The summed E-state index contributed by atoms with van der Waals surface area (Å²) < 4.78 is 16.3. The smallest absolute Gasteiger partial charge is 0.309 e. The lowest BCUT2D eigenvalue weighted by Crippen LogP contribution is -2.48. The number of carbonyl (C=O) groups is 3. The average Bonchev–Trinajstić information content (AvgIpc) is 3.29. The molecule has 9 nitrogen and oxygen atoms in total. The molecule has 1 unspecified atom stereocenters. The number of carbonyl (C=O) groups excluding carboxylic acids is 3. The molecule has 0 bridgehead atoms. The monoisotopic (exact) mass is 425 g/mol. The Morgan fingerprint density at radius 2 is 1.74 bits per heavy atom. The maximum absolute atomic E-state index is 12.5. The van der Waals surface area contributed by atoms with Gasteiger partial charge in [0.15, 0.2) is 11.5 Å². The lowest BCUT2D eigenvalue weighted by atomic mass is 10.1. The fraction of sp³-hybridized carbons (Fsp3) is 0.318. The van der Waals surface area contributed by atoms with Crippen LogP contribution in [0, 0.1) is 0 Å². The third kappa shape index (κ3) is 5.13. The molecular formula is C22H23N3O6. The van der Waals surface area contributed by atoms with E-state index in [4.69, 9.17) is 14.2 Å². The van der Waals surface area contributed by atoms with Crippen LogP contribution < -0.4 is 20.1 Å². The van der Waals surface area contributed by atoms with Gasteiger partial charge >= 0.3 is 11.8 Å². The topological polar surface area (TPSA) is 106 Å². The molecule has 1 fully saturated rings. The Labute approximate surface area is 179 Å². The van der Waals surface area contributed by atoms with Crippen molar-refractivity contribution in [3.63, 3.8) is 0 Å². The first-order chi connectivity index (χ1) is 15.1. The molecule has 162 valence electrons. The average molecular weight is 425 g/mol. The molecule has 3 amide bonds. The van der Waals surface area contributed by atoms with Crippen LogP contribution >= 0.6 is 0 Å². The molecule has 0 radical (unpaired) electrons. The predicted octanol–water partition coefficient (Wildman–Crippen LogP) is 0.748. The van der Waals surface area contributed by atoms with Crippen molar-refractivity contribution in [2.24, 2.45) is 0 Å². The summed E-state index contributed by atoms with van der Waals surface area (Å²) in [7, 11) is 0. The quantitative estimate of drug-likeness (QED) is 0.685. The molecule has 2 aliphatic heterocycles. The first kappa shape index (κ1) is 20.7. The Balaban J connectivity index is 1.22. The van der Waals surface area contributed by atoms with E-state index in [1.807, 2.05) is 30.3 Å². The highest BCUT2D eigenvalue weighted by atomic mass is 16.7. The fourth-order valence-electron chi connectivity index (χ4n) is 3.41. The fourth-order valence-corrected chi connectivity index (χ4v) is 3.41. The van der Waals surface area contributed by atoms with Crippen molar-refractivity contribution < 1.29 is 28.6 Å². The molecule has 2 aromatic rings. The van der Waals surface area contributed by atoms with Crippen molar-refractivity contribution in [3.8, 4) is 11.5 Å². The van der Waals surface area contributed by atoms with E-state index in [1.165, 1.54) is 0 Å². The normalized spacial score (nSPS) is 17.2. The van der Waals surface area contributed by atoms with E-state index in [1.54, 1.807) is 23.1 Å². The summed E-state index contributed by atoms with van der Waals surface area (Å²) in [6.45, 7) is 1.31. The summed E-state index contributed by atoms with van der Waals surface area (Å²) in [6.07, 6.45) is -0.209. The van der Waals surface area contributed by atoms with E-state index < -0.39 is 11.8 Å². The van der Waals surface area contributed by atoms with Gasteiger partial charge in [-0.25, -0.2) is 0 Å². The maximum atomic E-state index is 12.5. The first-order valence-electron chi connectivity index (χ1n) is 9.99. The van der Waals surface area contributed by atoms with Crippen LogP contribution in [0.4, 0.5) is 0 Å². The second-order valence-corrected chi connectivity index (χ2v) is 7.16. The number of ether oxygens (including phenoxy) is 3. The minimum atomic E-state index is -0.859. The van der Waals surface area contributed by atoms with Gasteiger partial charge in [-0.15, -0.1) is 0 Å². The highest BCUT2D eigenvalue weighted by Crippen LogP contribution is 2.32. The van der Waals surface area contributed by atoms with Crippen LogP contribution in [0.5, 0.6) is 11.5 Å². The van der Waals surface area contributed by atoms with Gasteiger partial charge in [0.1, 0.15) is 6.10 Å². The SMILES string of the molecule is O=C(NCC(=O)N1CCOC(c2ccccc2)C1)C(=O)NCc1ccc2c(c1)OCO2. The van der Waals surface area contributed by atoms with E-state index in [0.29, 0.717) is 31.2 Å². The van der Waals surface area contributed by atoms with Crippen LogP contribution in [0.1, 0.15) is 17.2 Å². The molecule has 4 rings (SSSR count). The van der Waals surface area contributed by atoms with Gasteiger partial charge in [-0.05, 0) is 23.3 Å². The van der Waals surface area contributed by atoms with Crippen LogP contribution in [0.3, 0.4) is 0 Å². The molecule has 0 spiro atoms. The van der Waals surface area contributed by atoms with Crippen molar-refractivity contribution in [2.75, 3.05) is 33.0 Å². The zero-order valence-corrected chi connectivity index (χ0v) is 16.8. The Morgan fingerprint density at radius 1 is 0.968 bits per heavy atom. The second kappa shape index (κ2) is 9.48. The van der Waals surface area contributed by atoms with E-state index in [9.17, 15) is 14.4 Å². The number of morpholine rings is 1. The zero-order chi connectivity index (χ0) is 21.6. The van der Waals surface area contributed by atoms with Crippen molar-refractivity contribution in [2.45, 2.75) is 12.6 Å². The number of benzene rings is 2. The summed E-state index contributed by atoms with van der Waals surface area (Å²) in [6, 6.07) is 14.9. The van der Waals surface area contributed by atoms with Gasteiger partial charge in [0.05, 0.1) is 19.7 Å². The van der Waals surface area contributed by atoms with Crippen LogP contribution in [0.2, 0.25) is 0 Å². The number of fused-ring (bicyclic) bond motifs is 1. The Kier molecular flexibility index (Phi) is 6.32. The zero-order valence-electron chi connectivity index (χ0n) is 16.8. The Hall–Kier alpha value is -3.59. The number of hydrogen-bond acceptors (Lipinski definition) is 6. The van der Waals surface area contributed by atoms with E-state index in [-0.39, 0.29) is 31.9 Å². The molecule has 1 saturated heterocycles. The standard InChI is InChI=1S/C22H23N3O6/c26-20(25-8-9-29-19(13-25)16-4-2-1-3-5-16)12-24-22(28)21(27)23-11-15-6-7-17-18(10-15)31-14-30-17/h1-7,10,19H,8-9,11-14H2,(H,23,27)(H,24,28). The van der Waals surface area contributed by atoms with Crippen LogP contribution in [0.25, 0.3) is 0 Å². The highest BCUT2D eigenvalue weighted by Gasteiger charge is 2.26. The number of rotatable bonds is 5. The maximum Gasteiger partial charge on any atom is 0.309 e. The van der Waals surface area contributed by atoms with Crippen LogP contribution in [-0.4, -0.2) is 55.7 Å². The summed E-state index contributed by atoms with van der Waals surface area (Å²) in [5.74, 6) is -0.692. The third-order valence-electron chi connectivity index (χ3n) is 5.09. The molecule has 0 saturated carbocycles. The molecule has 0 aliphatic carbocycles. The van der Waals surface area contributed by atoms with Crippen molar-refractivity contribution in [1.82, 2.24) is 15.5 Å². The molecule has 0 aromatic heterocycles. The van der Waals surface area contributed by atoms with Crippen molar-refractivity contribution in [1.29, 1.82) is 0 Å². The van der Waals surface area contributed by atoms with Crippen LogP contribution in [0.15, 0.2) is 48.5 Å². The van der Waals surface area contributed by atoms with Crippen LogP contribution in [-0.2, 0) is 25.7 Å². The van der Waals surface area contributed by atoms with Gasteiger partial charge in [0.2, 0.25) is 12.7 Å². The number of nitrogens with zero attached hydrogens (tertiary/aromatic N) is 1. The molecule has 2 N–H and O–H groups in total. The van der Waals surface area contributed by atoms with E-state index in [2.05, 4.69) is 10.6 Å². The Bertz CT molecular complexity index is 965. The Morgan fingerprint density at radius 3 is 2.58 bits per heavy atom. The molecule has 9 heteroatoms. The molecule has 2 aliphatic rings. The van der Waals surface area contributed by atoms with Gasteiger partial charge in [0, 0.05) is 13.1 Å². The lowest BCUT2D eigenvalue weighted by molar-refractivity contribution is -0.142. The number of amides is 3. The van der Waals surface area contributed by atoms with E-state index in [0.717, 1.165) is 11.1 Å². The molecule has 2 heterocycles. The minimum Gasteiger partial charge on any atom is -0.454 e. The predicted molar refractivity (Wildman–Crippen MR) is 109 cm³/mol. The molecule has 2 aromatic carbocycles. The third-order valence-corrected chi connectivity index (χ3v) is 5.09. The molecule has 31 heavy (non-hydrogen) atoms. The highest BCUT2D eigenvalue weighted by molar-refractivity contribution is 6.35. The molecular weight excluding hydrogens is 402 g/mol. The summed E-state index contributed by atoms with van der Waals surface area (Å²) >= 11 is 0. The van der Waals surface area contributed by atoms with Gasteiger partial charge in [0.25, 0.3) is 0 Å². The van der Waals surface area contributed by atoms with E-state index >= 15 is 0 Å². The van der Waals surface area contributed by atoms with Crippen molar-refractivity contribution >= 4 is 17.7 Å². The largest absolute Gasteiger partial charge is 0.454 e. The lowest BCUT2D eigenvalue weighted by Gasteiger charge is -2.33. The second-order valence-electron chi connectivity index (χ2n) is 7.16. The summed E-state index contributed by atoms with van der Waals surface area (Å²) in [5.41, 5.74) is 1.76.